The molecule has 1 heterocycles. The molecular formula is C22H30Cl2N2O2-2. The van der Waals surface area contributed by atoms with Crippen LogP contribution in [0.1, 0.15) is 29.5 Å². The lowest BCUT2D eigenvalue weighted by atomic mass is 9.98. The van der Waals surface area contributed by atoms with E-state index >= 15 is 0 Å². The van der Waals surface area contributed by atoms with Crippen LogP contribution in [0.5, 0.6) is 11.5 Å². The van der Waals surface area contributed by atoms with Gasteiger partial charge in [0, 0.05) is 6.54 Å². The Morgan fingerprint density at radius 2 is 1.64 bits per heavy atom. The second-order valence-corrected chi connectivity index (χ2v) is 7.08. The van der Waals surface area contributed by atoms with Crippen LogP contribution in [0, 0.1) is 12.8 Å². The smallest absolute Gasteiger partial charge is 0.161 e. The van der Waals surface area contributed by atoms with Gasteiger partial charge in [0.05, 0.1) is 7.11 Å². The van der Waals surface area contributed by atoms with Crippen molar-refractivity contribution in [2.45, 2.75) is 32.9 Å². The summed E-state index contributed by atoms with van der Waals surface area (Å²) in [4.78, 5) is 0. The molecule has 1 fully saturated rings. The second-order valence-electron chi connectivity index (χ2n) is 7.08. The fourth-order valence-electron chi connectivity index (χ4n) is 3.29. The Kier molecular flexibility index (Phi) is 11.3. The molecule has 1 saturated heterocycles. The first-order valence-electron chi connectivity index (χ1n) is 9.51. The van der Waals surface area contributed by atoms with Crippen molar-refractivity contribution in [3.8, 4) is 11.5 Å². The number of piperidine rings is 1. The maximum Gasteiger partial charge on any atom is 0.161 e. The maximum absolute atomic E-state index is 5.96. The van der Waals surface area contributed by atoms with Gasteiger partial charge in [-0.1, -0.05) is 35.9 Å². The summed E-state index contributed by atoms with van der Waals surface area (Å²) in [6.45, 7) is 6.87. The van der Waals surface area contributed by atoms with Crippen molar-refractivity contribution in [2.24, 2.45) is 5.92 Å². The highest BCUT2D eigenvalue weighted by atomic mass is 35.5. The molecule has 0 amide bonds. The molecule has 2 N–H and O–H groups in total. The topological polar surface area (TPSA) is 42.5 Å². The quantitative estimate of drug-likeness (QED) is 0.499. The van der Waals surface area contributed by atoms with E-state index in [4.69, 9.17) is 9.47 Å². The van der Waals surface area contributed by atoms with E-state index in [1.54, 1.807) is 7.11 Å². The number of benzene rings is 2. The Bertz CT molecular complexity index is 689. The number of rotatable bonds is 8. The molecule has 156 valence electrons. The van der Waals surface area contributed by atoms with Crippen molar-refractivity contribution in [2.75, 3.05) is 26.7 Å². The molecular weight excluding hydrogens is 395 g/mol. The van der Waals surface area contributed by atoms with Gasteiger partial charge in [0.2, 0.25) is 0 Å². The Labute approximate surface area is 181 Å². The molecule has 0 atom stereocenters. The van der Waals surface area contributed by atoms with E-state index in [2.05, 4.69) is 54.0 Å². The van der Waals surface area contributed by atoms with E-state index in [0.717, 1.165) is 49.2 Å². The number of hydrogen-bond donors (Lipinski definition) is 2. The summed E-state index contributed by atoms with van der Waals surface area (Å²) in [5, 5.41) is 6.99. The number of halogens is 2. The standard InChI is InChI=1S/C22H30N2O2.2ClH/c1-17-3-5-19(6-4-17)16-26-21-8-7-20(13-22(21)25-2)15-24-14-18-9-11-23-12-10-18;;/h3-8,13,18,23-24H,9-12,14-16H2,1-2H3;2*1H/p-2. The number of aryl methyl sites for hydroxylation is 1. The zero-order valence-electron chi connectivity index (χ0n) is 16.6. The summed E-state index contributed by atoms with van der Waals surface area (Å²) < 4.78 is 11.5. The van der Waals surface area contributed by atoms with E-state index in [1.165, 1.54) is 24.0 Å². The molecule has 0 spiro atoms. The molecule has 0 saturated carbocycles. The van der Waals surface area contributed by atoms with Crippen LogP contribution in [0.15, 0.2) is 42.5 Å². The van der Waals surface area contributed by atoms with E-state index < -0.39 is 0 Å². The average Bonchev–Trinajstić information content (AvgIpc) is 2.69. The first-order valence-corrected chi connectivity index (χ1v) is 9.51. The lowest BCUT2D eigenvalue weighted by Gasteiger charge is -2.23. The van der Waals surface area contributed by atoms with Gasteiger partial charge in [0.1, 0.15) is 6.61 Å². The molecule has 1 aliphatic rings. The van der Waals surface area contributed by atoms with Crippen LogP contribution < -0.4 is 44.9 Å². The number of hydrogen-bond acceptors (Lipinski definition) is 4. The fourth-order valence-corrected chi connectivity index (χ4v) is 3.29. The highest BCUT2D eigenvalue weighted by molar-refractivity contribution is 5.43. The zero-order chi connectivity index (χ0) is 18.2. The van der Waals surface area contributed by atoms with Gasteiger partial charge < -0.3 is 44.9 Å². The van der Waals surface area contributed by atoms with E-state index in [1.807, 2.05) is 6.07 Å². The summed E-state index contributed by atoms with van der Waals surface area (Å²) >= 11 is 0. The van der Waals surface area contributed by atoms with E-state index in [9.17, 15) is 0 Å². The average molecular weight is 425 g/mol. The number of nitrogens with one attached hydrogen (secondary N) is 2. The Hall–Kier alpha value is -1.46. The predicted octanol–water partition coefficient (Wildman–Crippen LogP) is -2.32. The lowest BCUT2D eigenvalue weighted by Crippen LogP contribution is -3.00. The highest BCUT2D eigenvalue weighted by Crippen LogP contribution is 2.29. The minimum absolute atomic E-state index is 0. The third-order valence-electron chi connectivity index (χ3n) is 4.96. The largest absolute Gasteiger partial charge is 1.00 e. The Morgan fingerprint density at radius 1 is 0.964 bits per heavy atom. The molecule has 2 aromatic carbocycles. The van der Waals surface area contributed by atoms with Crippen molar-refractivity contribution in [3.63, 3.8) is 0 Å². The van der Waals surface area contributed by atoms with Crippen molar-refractivity contribution in [1.82, 2.24) is 10.6 Å². The molecule has 4 nitrogen and oxygen atoms in total. The molecule has 0 bridgehead atoms. The highest BCUT2D eigenvalue weighted by Gasteiger charge is 2.12. The van der Waals surface area contributed by atoms with Crippen LogP contribution in [-0.4, -0.2) is 26.7 Å². The summed E-state index contributed by atoms with van der Waals surface area (Å²) in [6, 6.07) is 14.6. The van der Waals surface area contributed by atoms with E-state index in [-0.39, 0.29) is 24.8 Å². The van der Waals surface area contributed by atoms with Crippen LogP contribution in [0.25, 0.3) is 0 Å². The normalized spacial score (nSPS) is 13.9. The molecule has 0 aromatic heterocycles. The number of methoxy groups -OCH3 is 1. The summed E-state index contributed by atoms with van der Waals surface area (Å²) in [6.07, 6.45) is 2.53. The third-order valence-corrected chi connectivity index (χ3v) is 4.96. The van der Waals surface area contributed by atoms with Gasteiger partial charge in [-0.25, -0.2) is 0 Å². The van der Waals surface area contributed by atoms with Gasteiger partial charge in [-0.3, -0.25) is 0 Å². The lowest BCUT2D eigenvalue weighted by molar-refractivity contribution is -0.00100. The molecule has 2 aromatic rings. The molecule has 0 unspecified atom stereocenters. The summed E-state index contributed by atoms with van der Waals surface area (Å²) in [5.74, 6) is 2.36. The van der Waals surface area contributed by atoms with Gasteiger partial charge in [0.25, 0.3) is 0 Å². The van der Waals surface area contributed by atoms with Gasteiger partial charge in [-0.05, 0) is 68.6 Å². The van der Waals surface area contributed by atoms with Gasteiger partial charge in [-0.2, -0.15) is 0 Å². The van der Waals surface area contributed by atoms with Gasteiger partial charge in [-0.15, -0.1) is 0 Å². The van der Waals surface area contributed by atoms with Crippen molar-refractivity contribution in [1.29, 1.82) is 0 Å². The minimum Gasteiger partial charge on any atom is -1.00 e. The first-order chi connectivity index (χ1) is 12.7. The Balaban J connectivity index is 0.00000196. The maximum atomic E-state index is 5.96. The predicted molar refractivity (Wildman–Crippen MR) is 106 cm³/mol. The molecule has 3 rings (SSSR count). The minimum atomic E-state index is 0. The van der Waals surface area contributed by atoms with Crippen LogP contribution in [-0.2, 0) is 13.2 Å². The van der Waals surface area contributed by atoms with Crippen molar-refractivity contribution < 1.29 is 34.3 Å². The first kappa shape index (κ1) is 24.6. The van der Waals surface area contributed by atoms with E-state index in [0.29, 0.717) is 6.61 Å². The van der Waals surface area contributed by atoms with Crippen LogP contribution in [0.4, 0.5) is 0 Å². The summed E-state index contributed by atoms with van der Waals surface area (Å²) in [5.41, 5.74) is 3.64. The van der Waals surface area contributed by atoms with Crippen LogP contribution >= 0.6 is 0 Å². The summed E-state index contributed by atoms with van der Waals surface area (Å²) in [7, 11) is 1.69. The molecule has 0 aliphatic carbocycles. The fraction of sp³-hybridized carbons (Fsp3) is 0.455. The SMILES string of the molecule is COc1cc(CNCC2CCNCC2)ccc1OCc1ccc(C)cc1.[Cl-].[Cl-]. The zero-order valence-corrected chi connectivity index (χ0v) is 18.2. The van der Waals surface area contributed by atoms with Crippen LogP contribution in [0.2, 0.25) is 0 Å². The molecule has 0 radical (unpaired) electrons. The van der Waals surface area contributed by atoms with Crippen molar-refractivity contribution in [3.05, 3.63) is 59.2 Å². The molecule has 6 heteroatoms. The van der Waals surface area contributed by atoms with Crippen LogP contribution in [0.3, 0.4) is 0 Å². The van der Waals surface area contributed by atoms with Gasteiger partial charge in [0.15, 0.2) is 11.5 Å². The monoisotopic (exact) mass is 424 g/mol. The van der Waals surface area contributed by atoms with Crippen molar-refractivity contribution >= 4 is 0 Å². The van der Waals surface area contributed by atoms with Gasteiger partial charge >= 0.3 is 0 Å². The molecule has 28 heavy (non-hydrogen) atoms. The Morgan fingerprint density at radius 3 is 2.32 bits per heavy atom. The second kappa shape index (κ2) is 12.9. The third kappa shape index (κ3) is 7.51. The molecule has 1 aliphatic heterocycles. The number of ether oxygens (including phenoxy) is 2.